The summed E-state index contributed by atoms with van der Waals surface area (Å²) in [5, 5.41) is 9.04. The molecule has 7 nitrogen and oxygen atoms in total. The smallest absolute Gasteiger partial charge is 0.306 e. The van der Waals surface area contributed by atoms with E-state index in [1.165, 1.54) is 25.6 Å². The van der Waals surface area contributed by atoms with E-state index in [1.807, 2.05) is 0 Å². The predicted molar refractivity (Wildman–Crippen MR) is 74.5 cm³/mol. The SMILES string of the molecule is COc1cncc(S(=O)(=O)NC2CCCC(C(=O)O)C2)c1. The van der Waals surface area contributed by atoms with E-state index in [4.69, 9.17) is 9.84 Å². The molecule has 2 rings (SSSR count). The molecule has 116 valence electrons. The second-order valence-electron chi connectivity index (χ2n) is 5.08. The summed E-state index contributed by atoms with van der Waals surface area (Å²) < 4.78 is 32.1. The Labute approximate surface area is 123 Å². The summed E-state index contributed by atoms with van der Waals surface area (Å²) in [6.45, 7) is 0. The number of carbonyl (C=O) groups is 1. The molecule has 1 fully saturated rings. The van der Waals surface area contributed by atoms with Crippen LogP contribution in [0.3, 0.4) is 0 Å². The molecular weight excluding hydrogens is 296 g/mol. The van der Waals surface area contributed by atoms with Crippen molar-refractivity contribution in [2.45, 2.75) is 36.6 Å². The standard InChI is InChI=1S/C13H18N2O5S/c1-20-11-6-12(8-14-7-11)21(18,19)15-10-4-2-3-9(5-10)13(16)17/h6-10,15H,2-5H2,1H3,(H,16,17). The van der Waals surface area contributed by atoms with Crippen molar-refractivity contribution in [3.8, 4) is 5.75 Å². The van der Waals surface area contributed by atoms with Gasteiger partial charge in [-0.25, -0.2) is 13.1 Å². The van der Waals surface area contributed by atoms with Crippen LogP contribution in [0.15, 0.2) is 23.4 Å². The largest absolute Gasteiger partial charge is 0.495 e. The molecule has 2 unspecified atom stereocenters. The van der Waals surface area contributed by atoms with Gasteiger partial charge in [-0.05, 0) is 19.3 Å². The Morgan fingerprint density at radius 2 is 2.19 bits per heavy atom. The highest BCUT2D eigenvalue weighted by Crippen LogP contribution is 2.26. The molecule has 21 heavy (non-hydrogen) atoms. The first-order chi connectivity index (χ1) is 9.92. The second kappa shape index (κ2) is 6.40. The maximum absolute atomic E-state index is 12.3. The monoisotopic (exact) mass is 314 g/mol. The zero-order valence-electron chi connectivity index (χ0n) is 11.7. The average molecular weight is 314 g/mol. The van der Waals surface area contributed by atoms with E-state index in [0.29, 0.717) is 31.4 Å². The first kappa shape index (κ1) is 15.7. The minimum absolute atomic E-state index is 0.0132. The lowest BCUT2D eigenvalue weighted by Gasteiger charge is -2.27. The number of pyridine rings is 1. The summed E-state index contributed by atoms with van der Waals surface area (Å²) in [5.41, 5.74) is 0. The fourth-order valence-electron chi connectivity index (χ4n) is 2.47. The summed E-state index contributed by atoms with van der Waals surface area (Å²) in [6, 6.07) is 1.02. The maximum Gasteiger partial charge on any atom is 0.306 e. The van der Waals surface area contributed by atoms with Crippen LogP contribution in [0.5, 0.6) is 5.75 Å². The number of nitrogens with zero attached hydrogens (tertiary/aromatic N) is 1. The average Bonchev–Trinajstić information content (AvgIpc) is 2.47. The van der Waals surface area contributed by atoms with Gasteiger partial charge in [-0.2, -0.15) is 0 Å². The van der Waals surface area contributed by atoms with Gasteiger partial charge in [0.15, 0.2) is 0 Å². The quantitative estimate of drug-likeness (QED) is 0.840. The zero-order chi connectivity index (χ0) is 15.5. The molecule has 0 bridgehead atoms. The van der Waals surface area contributed by atoms with Gasteiger partial charge in [-0.3, -0.25) is 9.78 Å². The molecule has 8 heteroatoms. The van der Waals surface area contributed by atoms with E-state index in [2.05, 4.69) is 9.71 Å². The molecular formula is C13H18N2O5S. The lowest BCUT2D eigenvalue weighted by atomic mass is 9.86. The summed E-state index contributed by atoms with van der Waals surface area (Å²) >= 11 is 0. The number of hydrogen-bond donors (Lipinski definition) is 2. The molecule has 1 aromatic rings. The molecule has 2 N–H and O–H groups in total. The summed E-state index contributed by atoms with van der Waals surface area (Å²) in [6.07, 6.45) is 4.89. The van der Waals surface area contributed by atoms with Gasteiger partial charge in [0, 0.05) is 18.3 Å². The van der Waals surface area contributed by atoms with Crippen LogP contribution in [0.25, 0.3) is 0 Å². The lowest BCUT2D eigenvalue weighted by molar-refractivity contribution is -0.143. The van der Waals surface area contributed by atoms with Crippen LogP contribution in [0.4, 0.5) is 0 Å². The lowest BCUT2D eigenvalue weighted by Crippen LogP contribution is -2.39. The van der Waals surface area contributed by atoms with Crippen LogP contribution in [-0.4, -0.2) is 37.6 Å². The van der Waals surface area contributed by atoms with Crippen molar-refractivity contribution in [3.05, 3.63) is 18.5 Å². The van der Waals surface area contributed by atoms with Crippen molar-refractivity contribution in [2.75, 3.05) is 7.11 Å². The molecule has 0 aromatic carbocycles. The van der Waals surface area contributed by atoms with Crippen molar-refractivity contribution >= 4 is 16.0 Å². The van der Waals surface area contributed by atoms with Gasteiger partial charge in [0.25, 0.3) is 0 Å². The van der Waals surface area contributed by atoms with Crippen molar-refractivity contribution < 1.29 is 23.1 Å². The molecule has 0 aliphatic heterocycles. The highest BCUT2D eigenvalue weighted by molar-refractivity contribution is 7.89. The number of sulfonamides is 1. The molecule has 0 radical (unpaired) electrons. The van der Waals surface area contributed by atoms with E-state index in [0.717, 1.165) is 0 Å². The third-order valence-electron chi connectivity index (χ3n) is 3.58. The van der Waals surface area contributed by atoms with Gasteiger partial charge >= 0.3 is 5.97 Å². The van der Waals surface area contributed by atoms with Gasteiger partial charge in [0.1, 0.15) is 10.6 Å². The van der Waals surface area contributed by atoms with Crippen molar-refractivity contribution in [2.24, 2.45) is 5.92 Å². The number of ether oxygens (including phenoxy) is 1. The second-order valence-corrected chi connectivity index (χ2v) is 6.79. The number of aliphatic carboxylic acids is 1. The summed E-state index contributed by atoms with van der Waals surface area (Å²) in [4.78, 5) is 14.8. The van der Waals surface area contributed by atoms with E-state index < -0.39 is 21.9 Å². The Morgan fingerprint density at radius 1 is 1.43 bits per heavy atom. The third kappa shape index (κ3) is 3.92. The number of methoxy groups -OCH3 is 1. The van der Waals surface area contributed by atoms with E-state index >= 15 is 0 Å². The molecule has 0 spiro atoms. The van der Waals surface area contributed by atoms with E-state index in [1.54, 1.807) is 0 Å². The Hall–Kier alpha value is -1.67. The Morgan fingerprint density at radius 3 is 2.86 bits per heavy atom. The maximum atomic E-state index is 12.3. The molecule has 1 aliphatic rings. The number of aromatic nitrogens is 1. The van der Waals surface area contributed by atoms with E-state index in [9.17, 15) is 13.2 Å². The molecule has 0 saturated heterocycles. The first-order valence-corrected chi connectivity index (χ1v) is 8.15. The molecule has 2 atom stereocenters. The number of carboxylic acids is 1. The van der Waals surface area contributed by atoms with Crippen LogP contribution in [-0.2, 0) is 14.8 Å². The van der Waals surface area contributed by atoms with Gasteiger partial charge in [0.05, 0.1) is 19.2 Å². The van der Waals surface area contributed by atoms with E-state index in [-0.39, 0.29) is 10.9 Å². The molecule has 1 aliphatic carbocycles. The number of nitrogens with one attached hydrogen (secondary N) is 1. The highest BCUT2D eigenvalue weighted by Gasteiger charge is 2.30. The molecule has 1 saturated carbocycles. The topological polar surface area (TPSA) is 106 Å². The predicted octanol–water partition coefficient (Wildman–Crippen LogP) is 1.01. The van der Waals surface area contributed by atoms with Gasteiger partial charge < -0.3 is 9.84 Å². The minimum Gasteiger partial charge on any atom is -0.495 e. The Kier molecular flexibility index (Phi) is 4.79. The van der Waals surface area contributed by atoms with Gasteiger partial charge in [0.2, 0.25) is 10.0 Å². The van der Waals surface area contributed by atoms with Crippen LogP contribution < -0.4 is 9.46 Å². The number of hydrogen-bond acceptors (Lipinski definition) is 5. The van der Waals surface area contributed by atoms with Crippen molar-refractivity contribution in [1.82, 2.24) is 9.71 Å². The van der Waals surface area contributed by atoms with Gasteiger partial charge in [-0.1, -0.05) is 6.42 Å². The molecule has 1 heterocycles. The van der Waals surface area contributed by atoms with Gasteiger partial charge in [-0.15, -0.1) is 0 Å². The van der Waals surface area contributed by atoms with Crippen LogP contribution >= 0.6 is 0 Å². The number of carboxylic acid groups (broad SMARTS) is 1. The minimum atomic E-state index is -3.73. The number of rotatable bonds is 5. The zero-order valence-corrected chi connectivity index (χ0v) is 12.5. The van der Waals surface area contributed by atoms with Crippen molar-refractivity contribution in [1.29, 1.82) is 0 Å². The summed E-state index contributed by atoms with van der Waals surface area (Å²) in [5.74, 6) is -1.01. The Bertz CT molecular complexity index is 617. The highest BCUT2D eigenvalue weighted by atomic mass is 32.2. The normalized spacial score (nSPS) is 22.7. The summed E-state index contributed by atoms with van der Waals surface area (Å²) in [7, 11) is -2.30. The molecule has 0 amide bonds. The van der Waals surface area contributed by atoms with Crippen molar-refractivity contribution in [3.63, 3.8) is 0 Å². The fourth-order valence-corrected chi connectivity index (χ4v) is 3.73. The van der Waals surface area contributed by atoms with Crippen LogP contribution in [0.2, 0.25) is 0 Å². The Balaban J connectivity index is 2.11. The fraction of sp³-hybridized carbons (Fsp3) is 0.538. The van der Waals surface area contributed by atoms with Crippen LogP contribution in [0, 0.1) is 5.92 Å². The first-order valence-electron chi connectivity index (χ1n) is 6.66. The third-order valence-corrected chi connectivity index (χ3v) is 5.07. The van der Waals surface area contributed by atoms with Crippen LogP contribution in [0.1, 0.15) is 25.7 Å². The molecule has 1 aromatic heterocycles.